The fourth-order valence-corrected chi connectivity index (χ4v) is 20.3. The molecule has 4 aromatic rings. The Labute approximate surface area is 221 Å². The van der Waals surface area contributed by atoms with Crippen molar-refractivity contribution in [3.05, 3.63) is 35.2 Å². The molecule has 1 atom stereocenters. The molecule has 0 aliphatic carbocycles. The summed E-state index contributed by atoms with van der Waals surface area (Å²) in [6.07, 6.45) is 6.62. The maximum absolute atomic E-state index is 2.59. The predicted octanol–water partition coefficient (Wildman–Crippen LogP) is 9.69. The summed E-state index contributed by atoms with van der Waals surface area (Å²) in [6, 6.07) is 12.5. The van der Waals surface area contributed by atoms with Gasteiger partial charge in [-0.2, -0.15) is 0 Å². The molecule has 178 valence electrons. The summed E-state index contributed by atoms with van der Waals surface area (Å²) in [7, 11) is 0. The Balaban J connectivity index is 1.80. The molecule has 3 aromatic heterocycles. The fourth-order valence-electron chi connectivity index (χ4n) is 4.62. The van der Waals surface area contributed by atoms with Gasteiger partial charge >= 0.3 is 224 Å². The second kappa shape index (κ2) is 10.4. The molecular weight excluding hydrogens is 670 g/mol. The number of thiophene rings is 3. The molecule has 0 aliphatic rings. The molecule has 0 nitrogen and oxygen atoms in total. The van der Waals surface area contributed by atoms with E-state index in [1.807, 2.05) is 0 Å². The third kappa shape index (κ3) is 5.89. The van der Waals surface area contributed by atoms with Gasteiger partial charge in [0.2, 0.25) is 0 Å². The van der Waals surface area contributed by atoms with Crippen molar-refractivity contribution in [3.8, 4) is 10.4 Å². The van der Waals surface area contributed by atoms with Gasteiger partial charge in [-0.15, -0.1) is 0 Å². The van der Waals surface area contributed by atoms with Gasteiger partial charge in [-0.1, -0.05) is 0 Å². The van der Waals surface area contributed by atoms with Gasteiger partial charge in [0.25, 0.3) is 0 Å². The first kappa shape index (κ1) is 26.5. The van der Waals surface area contributed by atoms with Gasteiger partial charge in [0.15, 0.2) is 0 Å². The molecule has 5 heteroatoms. The van der Waals surface area contributed by atoms with Crippen LogP contribution in [0.3, 0.4) is 0 Å². The number of benzene rings is 1. The van der Waals surface area contributed by atoms with Gasteiger partial charge in [0, 0.05) is 0 Å². The molecule has 0 saturated heterocycles. The Morgan fingerprint density at radius 3 is 2.21 bits per heavy atom. The summed E-state index contributed by atoms with van der Waals surface area (Å²) in [4.78, 5) is 18.5. The van der Waals surface area contributed by atoms with Gasteiger partial charge < -0.3 is 0 Å². The average molecular weight is 710 g/mol. The zero-order chi connectivity index (χ0) is 24.0. The maximum atomic E-state index is 2.59. The van der Waals surface area contributed by atoms with E-state index in [0.717, 1.165) is 5.92 Å². The zero-order valence-corrected chi connectivity index (χ0v) is 29.9. The van der Waals surface area contributed by atoms with Crippen molar-refractivity contribution in [1.29, 1.82) is 0 Å². The van der Waals surface area contributed by atoms with Crippen molar-refractivity contribution in [1.82, 2.24) is 0 Å². The van der Waals surface area contributed by atoms with Crippen LogP contribution < -0.4 is 5.79 Å². The van der Waals surface area contributed by atoms with Crippen molar-refractivity contribution >= 4 is 96.7 Å². The number of rotatable bonds is 9. The zero-order valence-electron chi connectivity index (χ0n) is 21.7. The van der Waals surface area contributed by atoms with E-state index in [-0.39, 0.29) is 0 Å². The second-order valence-corrected chi connectivity index (χ2v) is 45.7. The van der Waals surface area contributed by atoms with E-state index < -0.39 is 36.8 Å². The first-order valence-electron chi connectivity index (χ1n) is 12.6. The molecule has 0 spiro atoms. The molecule has 0 aliphatic heterocycles. The Morgan fingerprint density at radius 1 is 0.818 bits per heavy atom. The van der Waals surface area contributed by atoms with Crippen LogP contribution in [0, 0.1) is 5.92 Å². The van der Waals surface area contributed by atoms with E-state index >= 15 is 0 Å². The van der Waals surface area contributed by atoms with Crippen LogP contribution in [-0.2, 0) is 6.42 Å². The summed E-state index contributed by atoms with van der Waals surface area (Å²) in [5.74, 6) is 0.838. The van der Waals surface area contributed by atoms with Gasteiger partial charge in [-0.25, -0.2) is 0 Å². The molecule has 3 heterocycles. The van der Waals surface area contributed by atoms with E-state index in [2.05, 4.69) is 108 Å². The Bertz CT molecular complexity index is 1240. The molecule has 4 rings (SSSR count). The van der Waals surface area contributed by atoms with Gasteiger partial charge in [0.1, 0.15) is 0 Å². The molecule has 1 unspecified atom stereocenters. The third-order valence-electron chi connectivity index (χ3n) is 6.69. The quantitative estimate of drug-likeness (QED) is 0.152. The molecule has 0 amide bonds. The Hall–Kier alpha value is 0.437. The molecule has 1 aromatic carbocycles. The SMILES string of the molecule is CCCCC(CC)Cc1ccc(-c2[c]([Sn]([CH3])([CH3])[CH3])sc3cc4c[c]([Sn]([CH3])([CH3])[CH3])sc4cc23)s1. The molecule has 0 N–H and O–H groups in total. The van der Waals surface area contributed by atoms with E-state index in [1.165, 1.54) is 57.2 Å². The minimum absolute atomic E-state index is 0.838. The third-order valence-corrected chi connectivity index (χ3v) is 28.9. The second-order valence-electron chi connectivity index (χ2n) is 11.7. The van der Waals surface area contributed by atoms with Crippen LogP contribution in [0.2, 0.25) is 29.6 Å². The first-order chi connectivity index (χ1) is 15.5. The van der Waals surface area contributed by atoms with E-state index in [9.17, 15) is 0 Å². The predicted molar refractivity (Wildman–Crippen MR) is 163 cm³/mol. The summed E-state index contributed by atoms with van der Waals surface area (Å²) < 4.78 is 6.46. The summed E-state index contributed by atoms with van der Waals surface area (Å²) in [5.41, 5.74) is 1.60. The number of unbranched alkanes of at least 4 members (excludes halogenated alkanes) is 1. The summed E-state index contributed by atoms with van der Waals surface area (Å²) in [6.45, 7) is 4.69. The Morgan fingerprint density at radius 2 is 1.58 bits per heavy atom. The molecule has 33 heavy (non-hydrogen) atoms. The van der Waals surface area contributed by atoms with Crippen molar-refractivity contribution in [2.45, 2.75) is 75.6 Å². The van der Waals surface area contributed by atoms with Crippen LogP contribution in [0.15, 0.2) is 30.3 Å². The molecule has 0 radical (unpaired) electrons. The van der Waals surface area contributed by atoms with Crippen LogP contribution in [0.5, 0.6) is 0 Å². The topological polar surface area (TPSA) is 0 Å². The van der Waals surface area contributed by atoms with Crippen molar-refractivity contribution in [3.63, 3.8) is 0 Å². The standard InChI is InChI=1S/C22H22S3.6CH3.2Sn/c1-3-5-6-15(4-2)11-17-7-8-20(25-17)19-14-24-22-12-16-9-10-23-21(16)13-18(19)22;;;;;;;;/h7-9,12-13,15H,3-6,11H2,1-2H3;6*1H3;;. The monoisotopic (exact) mass is 712 g/mol. The van der Waals surface area contributed by atoms with Gasteiger partial charge in [0.05, 0.1) is 0 Å². The normalized spacial score (nSPS) is 13.9. The van der Waals surface area contributed by atoms with Crippen molar-refractivity contribution in [2.75, 3.05) is 0 Å². The van der Waals surface area contributed by atoms with E-state index in [0.29, 0.717) is 0 Å². The molecule has 0 saturated carbocycles. The number of hydrogen-bond donors (Lipinski definition) is 0. The van der Waals surface area contributed by atoms with Crippen molar-refractivity contribution < 1.29 is 0 Å². The summed E-state index contributed by atoms with van der Waals surface area (Å²) in [5, 5.41) is 3.00. The molecule has 0 fully saturated rings. The van der Waals surface area contributed by atoms with Crippen LogP contribution in [0.4, 0.5) is 0 Å². The van der Waals surface area contributed by atoms with Gasteiger partial charge in [-0.3, -0.25) is 0 Å². The van der Waals surface area contributed by atoms with Crippen molar-refractivity contribution in [2.24, 2.45) is 5.92 Å². The minimum atomic E-state index is -2.27. The molecular formula is C28H40S3Sn2. The first-order valence-corrected chi connectivity index (χ1v) is 35.0. The van der Waals surface area contributed by atoms with Crippen LogP contribution in [0.25, 0.3) is 30.6 Å². The van der Waals surface area contributed by atoms with Crippen LogP contribution >= 0.6 is 34.0 Å². The molecule has 0 bridgehead atoms. The van der Waals surface area contributed by atoms with Crippen LogP contribution in [0.1, 0.15) is 44.4 Å². The van der Waals surface area contributed by atoms with E-state index in [4.69, 9.17) is 0 Å². The number of hydrogen-bond acceptors (Lipinski definition) is 3. The van der Waals surface area contributed by atoms with Gasteiger partial charge in [-0.05, 0) is 0 Å². The summed E-state index contributed by atoms with van der Waals surface area (Å²) >= 11 is 1.97. The Kier molecular flexibility index (Phi) is 8.38. The van der Waals surface area contributed by atoms with Crippen LogP contribution in [-0.4, -0.2) is 36.8 Å². The van der Waals surface area contributed by atoms with E-state index in [1.54, 1.807) is 16.2 Å². The fraction of sp³-hybridized carbons (Fsp3) is 0.500. The average Bonchev–Trinajstić information content (AvgIpc) is 3.44. The number of fused-ring (bicyclic) bond motifs is 2.